The van der Waals surface area contributed by atoms with Crippen LogP contribution in [0.2, 0.25) is 0 Å². The van der Waals surface area contributed by atoms with Gasteiger partial charge in [-0.2, -0.15) is 5.10 Å². The number of hydrogen-bond donors (Lipinski definition) is 1. The summed E-state index contributed by atoms with van der Waals surface area (Å²) in [7, 11) is 0. The van der Waals surface area contributed by atoms with Gasteiger partial charge < -0.3 is 10.1 Å². The molecular weight excluding hydrogens is 360 g/mol. The lowest BCUT2D eigenvalue weighted by atomic mass is 10.0. The molecule has 5 nitrogen and oxygen atoms in total. The van der Waals surface area contributed by atoms with Crippen LogP contribution in [0.5, 0.6) is 5.75 Å². The lowest BCUT2D eigenvalue weighted by molar-refractivity contribution is 0.352. The van der Waals surface area contributed by atoms with E-state index < -0.39 is 0 Å². The first kappa shape index (κ1) is 19.0. The van der Waals surface area contributed by atoms with E-state index >= 15 is 0 Å². The molecule has 29 heavy (non-hydrogen) atoms. The summed E-state index contributed by atoms with van der Waals surface area (Å²) in [6.07, 6.45) is 7.82. The molecule has 0 amide bonds. The average molecular weight is 386 g/mol. The minimum atomic E-state index is 0.579. The highest BCUT2D eigenvalue weighted by Crippen LogP contribution is 2.39. The number of anilines is 1. The SMILES string of the molecule is CC(C)=CC=C(C)COc1ccc(-c2c(-c3ccncc3)nn3c2NCC3)cc1. The third-order valence-corrected chi connectivity index (χ3v) is 4.83. The predicted octanol–water partition coefficient (Wildman–Crippen LogP) is 5.33. The van der Waals surface area contributed by atoms with Crippen LogP contribution < -0.4 is 10.1 Å². The molecule has 148 valence electrons. The normalized spacial score (nSPS) is 13.0. The van der Waals surface area contributed by atoms with Crippen molar-refractivity contribution in [1.82, 2.24) is 14.8 Å². The van der Waals surface area contributed by atoms with E-state index in [0.29, 0.717) is 6.61 Å². The third kappa shape index (κ3) is 4.24. The van der Waals surface area contributed by atoms with Crippen molar-refractivity contribution in [2.24, 2.45) is 0 Å². The molecule has 1 aliphatic rings. The zero-order chi connectivity index (χ0) is 20.2. The molecule has 1 N–H and O–H groups in total. The van der Waals surface area contributed by atoms with Crippen LogP contribution in [0.1, 0.15) is 20.8 Å². The predicted molar refractivity (Wildman–Crippen MR) is 118 cm³/mol. The van der Waals surface area contributed by atoms with E-state index in [1.54, 1.807) is 12.4 Å². The zero-order valence-corrected chi connectivity index (χ0v) is 17.1. The maximum Gasteiger partial charge on any atom is 0.133 e. The minimum Gasteiger partial charge on any atom is -0.489 e. The summed E-state index contributed by atoms with van der Waals surface area (Å²) in [5.74, 6) is 1.94. The molecule has 0 saturated carbocycles. The van der Waals surface area contributed by atoms with E-state index in [1.165, 1.54) is 11.1 Å². The zero-order valence-electron chi connectivity index (χ0n) is 17.1. The van der Waals surface area contributed by atoms with Crippen LogP contribution >= 0.6 is 0 Å². The highest BCUT2D eigenvalue weighted by Gasteiger charge is 2.23. The molecule has 1 aromatic carbocycles. The summed E-state index contributed by atoms with van der Waals surface area (Å²) < 4.78 is 7.99. The van der Waals surface area contributed by atoms with Gasteiger partial charge in [-0.15, -0.1) is 0 Å². The topological polar surface area (TPSA) is 52.0 Å². The van der Waals surface area contributed by atoms with Crippen LogP contribution in [0.3, 0.4) is 0 Å². The highest BCUT2D eigenvalue weighted by atomic mass is 16.5. The number of nitrogens with one attached hydrogen (secondary N) is 1. The van der Waals surface area contributed by atoms with Crippen LogP contribution in [-0.4, -0.2) is 27.9 Å². The Hall–Kier alpha value is -3.34. The van der Waals surface area contributed by atoms with Gasteiger partial charge in [0.25, 0.3) is 0 Å². The average Bonchev–Trinajstić information content (AvgIpc) is 3.33. The third-order valence-electron chi connectivity index (χ3n) is 4.83. The van der Waals surface area contributed by atoms with Gasteiger partial charge in [0, 0.05) is 24.5 Å². The summed E-state index contributed by atoms with van der Waals surface area (Å²) in [5, 5.41) is 8.31. The fraction of sp³-hybridized carbons (Fsp3) is 0.250. The first-order valence-corrected chi connectivity index (χ1v) is 9.91. The Balaban J connectivity index is 1.58. The van der Waals surface area contributed by atoms with E-state index in [9.17, 15) is 0 Å². The van der Waals surface area contributed by atoms with Crippen LogP contribution in [0.4, 0.5) is 5.82 Å². The lowest BCUT2D eigenvalue weighted by Crippen LogP contribution is -1.99. The summed E-state index contributed by atoms with van der Waals surface area (Å²) in [4.78, 5) is 4.13. The van der Waals surface area contributed by atoms with Crippen molar-refractivity contribution in [1.29, 1.82) is 0 Å². The molecule has 2 aromatic heterocycles. The Morgan fingerprint density at radius 2 is 1.79 bits per heavy atom. The maximum absolute atomic E-state index is 5.94. The first-order valence-electron chi connectivity index (χ1n) is 9.91. The number of fused-ring (bicyclic) bond motifs is 1. The van der Waals surface area contributed by atoms with Gasteiger partial charge in [0.1, 0.15) is 23.9 Å². The minimum absolute atomic E-state index is 0.579. The summed E-state index contributed by atoms with van der Waals surface area (Å²) >= 11 is 0. The van der Waals surface area contributed by atoms with Gasteiger partial charge in [-0.05, 0) is 56.2 Å². The van der Waals surface area contributed by atoms with Crippen molar-refractivity contribution in [3.8, 4) is 28.1 Å². The van der Waals surface area contributed by atoms with Crippen molar-refractivity contribution in [2.45, 2.75) is 27.3 Å². The number of ether oxygens (including phenoxy) is 1. The molecule has 0 saturated heterocycles. The molecule has 3 aromatic rings. The molecule has 0 spiro atoms. The second-order valence-electron chi connectivity index (χ2n) is 7.53. The monoisotopic (exact) mass is 386 g/mol. The van der Waals surface area contributed by atoms with Crippen molar-refractivity contribution in [3.05, 3.63) is 72.1 Å². The number of pyridine rings is 1. The summed E-state index contributed by atoms with van der Waals surface area (Å²) in [6, 6.07) is 12.3. The van der Waals surface area contributed by atoms with Gasteiger partial charge in [-0.3, -0.25) is 4.98 Å². The summed E-state index contributed by atoms with van der Waals surface area (Å²) in [5.41, 5.74) is 6.76. The second-order valence-corrected chi connectivity index (χ2v) is 7.53. The van der Waals surface area contributed by atoms with E-state index in [4.69, 9.17) is 9.84 Å². The smallest absolute Gasteiger partial charge is 0.133 e. The van der Waals surface area contributed by atoms with Gasteiger partial charge in [0.2, 0.25) is 0 Å². The molecular formula is C24H26N4O. The number of allylic oxidation sites excluding steroid dienone is 3. The van der Waals surface area contributed by atoms with Crippen molar-refractivity contribution in [3.63, 3.8) is 0 Å². The number of aromatic nitrogens is 3. The van der Waals surface area contributed by atoms with E-state index in [0.717, 1.165) is 47.0 Å². The molecule has 3 heterocycles. The quantitative estimate of drug-likeness (QED) is 0.582. The Morgan fingerprint density at radius 3 is 2.52 bits per heavy atom. The van der Waals surface area contributed by atoms with Crippen LogP contribution in [0.15, 0.2) is 72.1 Å². The Morgan fingerprint density at radius 1 is 1.03 bits per heavy atom. The van der Waals surface area contributed by atoms with E-state index in [-0.39, 0.29) is 0 Å². The van der Waals surface area contributed by atoms with Gasteiger partial charge in [-0.25, -0.2) is 4.68 Å². The van der Waals surface area contributed by atoms with Gasteiger partial charge in [0.05, 0.1) is 12.1 Å². The van der Waals surface area contributed by atoms with Crippen LogP contribution in [0.25, 0.3) is 22.4 Å². The molecule has 0 atom stereocenters. The van der Waals surface area contributed by atoms with Crippen molar-refractivity contribution < 1.29 is 4.74 Å². The molecule has 0 bridgehead atoms. The van der Waals surface area contributed by atoms with Gasteiger partial charge >= 0.3 is 0 Å². The van der Waals surface area contributed by atoms with Gasteiger partial charge in [-0.1, -0.05) is 29.9 Å². The molecule has 0 radical (unpaired) electrons. The first-order chi connectivity index (χ1) is 14.1. The van der Waals surface area contributed by atoms with E-state index in [1.807, 2.05) is 28.9 Å². The standard InChI is InChI=1S/C24H26N4O/c1-17(2)4-5-18(3)16-29-21-8-6-19(7-9-21)22-23(20-10-12-25-13-11-20)27-28-15-14-26-24(22)28/h4-13,26H,14-16H2,1-3H3. The van der Waals surface area contributed by atoms with E-state index in [2.05, 4.69) is 55.4 Å². The Bertz CT molecular complexity index is 1040. The summed E-state index contributed by atoms with van der Waals surface area (Å²) in [6.45, 7) is 8.63. The Labute approximate surface area is 171 Å². The number of benzene rings is 1. The molecule has 5 heteroatoms. The number of hydrogen-bond acceptors (Lipinski definition) is 4. The van der Waals surface area contributed by atoms with Crippen molar-refractivity contribution in [2.75, 3.05) is 18.5 Å². The maximum atomic E-state index is 5.94. The number of nitrogens with zero attached hydrogens (tertiary/aromatic N) is 3. The lowest BCUT2D eigenvalue weighted by Gasteiger charge is -2.09. The van der Waals surface area contributed by atoms with Crippen molar-refractivity contribution >= 4 is 5.82 Å². The molecule has 1 aliphatic heterocycles. The fourth-order valence-corrected chi connectivity index (χ4v) is 3.34. The Kier molecular flexibility index (Phi) is 5.47. The van der Waals surface area contributed by atoms with Crippen LogP contribution in [-0.2, 0) is 6.54 Å². The number of rotatable bonds is 6. The van der Waals surface area contributed by atoms with Gasteiger partial charge in [0.15, 0.2) is 0 Å². The molecule has 4 rings (SSSR count). The fourth-order valence-electron chi connectivity index (χ4n) is 3.34. The largest absolute Gasteiger partial charge is 0.489 e. The molecule has 0 aliphatic carbocycles. The molecule has 0 fully saturated rings. The second kappa shape index (κ2) is 8.35. The highest BCUT2D eigenvalue weighted by molar-refractivity contribution is 5.89. The van der Waals surface area contributed by atoms with Crippen LogP contribution in [0, 0.1) is 0 Å². The molecule has 0 unspecified atom stereocenters.